The number of carbonyl (C=O) groups is 2. The molecule has 2 atom stereocenters. The Balaban J connectivity index is 1.52. The van der Waals surface area contributed by atoms with Crippen molar-refractivity contribution < 1.29 is 22.8 Å². The number of rotatable bonds is 4. The number of nitriles is 1. The van der Waals surface area contributed by atoms with Gasteiger partial charge in [-0.15, -0.1) is 0 Å². The standard InChI is InChI=1S/C25H31F3N4O2/c1-30(2)24(34)21-15-32(19-7-6-18(13-29)22(12-19)25(26,27)28)14-20(21)16-8-10-31(11-9-16)23(33)17-4-3-5-17/h6-7,12,16-17,20-21H,3-5,8-11,14-15H2,1-2H3/t20-,21+/m0/s1. The van der Waals surface area contributed by atoms with Gasteiger partial charge in [0.15, 0.2) is 0 Å². The van der Waals surface area contributed by atoms with Gasteiger partial charge in [0.05, 0.1) is 23.1 Å². The number of benzene rings is 1. The Hall–Kier alpha value is -2.76. The van der Waals surface area contributed by atoms with E-state index in [0.29, 0.717) is 31.9 Å². The second-order valence-electron chi connectivity index (χ2n) is 10.0. The van der Waals surface area contributed by atoms with Crippen molar-refractivity contribution in [2.45, 2.75) is 38.3 Å². The molecule has 6 nitrogen and oxygen atoms in total. The summed E-state index contributed by atoms with van der Waals surface area (Å²) in [5, 5.41) is 9.10. The smallest absolute Gasteiger partial charge is 0.370 e. The molecule has 184 valence electrons. The predicted octanol–water partition coefficient (Wildman–Crippen LogP) is 3.76. The largest absolute Gasteiger partial charge is 0.417 e. The molecule has 2 heterocycles. The zero-order valence-corrected chi connectivity index (χ0v) is 19.6. The van der Waals surface area contributed by atoms with Gasteiger partial charge in [-0.25, -0.2) is 0 Å². The first-order valence-corrected chi connectivity index (χ1v) is 12.0. The van der Waals surface area contributed by atoms with E-state index in [0.717, 1.165) is 38.2 Å². The maximum Gasteiger partial charge on any atom is 0.417 e. The Morgan fingerprint density at radius 2 is 1.76 bits per heavy atom. The number of piperidine rings is 1. The molecule has 1 saturated carbocycles. The fourth-order valence-electron chi connectivity index (χ4n) is 5.63. The summed E-state index contributed by atoms with van der Waals surface area (Å²) >= 11 is 0. The zero-order chi connectivity index (χ0) is 24.6. The second-order valence-corrected chi connectivity index (χ2v) is 10.0. The molecule has 1 aromatic carbocycles. The van der Waals surface area contributed by atoms with Gasteiger partial charge in [0.25, 0.3) is 0 Å². The first-order chi connectivity index (χ1) is 16.1. The highest BCUT2D eigenvalue weighted by Crippen LogP contribution is 2.41. The minimum atomic E-state index is -4.63. The maximum atomic E-state index is 13.5. The van der Waals surface area contributed by atoms with Crippen LogP contribution in [0.1, 0.15) is 43.2 Å². The molecule has 9 heteroatoms. The van der Waals surface area contributed by atoms with Gasteiger partial charge in [-0.05, 0) is 55.7 Å². The van der Waals surface area contributed by atoms with Crippen molar-refractivity contribution in [2.75, 3.05) is 45.2 Å². The Bertz CT molecular complexity index is 975. The number of halogens is 3. The average Bonchev–Trinajstić information content (AvgIpc) is 3.21. The molecule has 2 aliphatic heterocycles. The van der Waals surface area contributed by atoms with Gasteiger partial charge < -0.3 is 14.7 Å². The molecule has 0 unspecified atom stereocenters. The van der Waals surface area contributed by atoms with Gasteiger partial charge in [-0.1, -0.05) is 6.42 Å². The van der Waals surface area contributed by atoms with Crippen molar-refractivity contribution in [3.63, 3.8) is 0 Å². The molecule has 0 bridgehead atoms. The molecule has 0 spiro atoms. The van der Waals surface area contributed by atoms with Gasteiger partial charge in [0.1, 0.15) is 0 Å². The fourth-order valence-corrected chi connectivity index (χ4v) is 5.63. The van der Waals surface area contributed by atoms with Crippen LogP contribution in [-0.2, 0) is 15.8 Å². The summed E-state index contributed by atoms with van der Waals surface area (Å²) in [6, 6.07) is 5.39. The minimum absolute atomic E-state index is 0.000773. The van der Waals surface area contributed by atoms with Crippen molar-refractivity contribution in [2.24, 2.45) is 23.7 Å². The number of alkyl halides is 3. The first kappa shape index (κ1) is 24.4. The molecule has 4 rings (SSSR count). The van der Waals surface area contributed by atoms with E-state index in [2.05, 4.69) is 0 Å². The van der Waals surface area contributed by atoms with Crippen molar-refractivity contribution in [3.05, 3.63) is 29.3 Å². The monoisotopic (exact) mass is 476 g/mol. The normalized spacial score (nSPS) is 24.0. The molecule has 0 radical (unpaired) electrons. The van der Waals surface area contributed by atoms with Crippen LogP contribution in [0.25, 0.3) is 0 Å². The third kappa shape index (κ3) is 4.73. The van der Waals surface area contributed by atoms with Gasteiger partial charge in [0, 0.05) is 51.9 Å². The maximum absolute atomic E-state index is 13.5. The van der Waals surface area contributed by atoms with Gasteiger partial charge in [-0.2, -0.15) is 18.4 Å². The van der Waals surface area contributed by atoms with Crippen LogP contribution in [0.4, 0.5) is 18.9 Å². The number of hydrogen-bond donors (Lipinski definition) is 0. The van der Waals surface area contributed by atoms with Crippen LogP contribution in [-0.4, -0.2) is 61.9 Å². The lowest BCUT2D eigenvalue weighted by Gasteiger charge is -2.39. The van der Waals surface area contributed by atoms with Crippen LogP contribution in [0, 0.1) is 35.0 Å². The zero-order valence-electron chi connectivity index (χ0n) is 19.6. The highest BCUT2D eigenvalue weighted by atomic mass is 19.4. The SMILES string of the molecule is CN(C)C(=O)[C@@H]1CN(c2ccc(C#N)c(C(F)(F)F)c2)C[C@H]1C1CCN(C(=O)C2CCC2)CC1. The second kappa shape index (κ2) is 9.47. The van der Waals surface area contributed by atoms with Crippen molar-refractivity contribution in [1.82, 2.24) is 9.80 Å². The quantitative estimate of drug-likeness (QED) is 0.664. The number of hydrogen-bond acceptors (Lipinski definition) is 4. The molecular weight excluding hydrogens is 445 g/mol. The number of amides is 2. The number of carbonyl (C=O) groups excluding carboxylic acids is 2. The predicted molar refractivity (Wildman–Crippen MR) is 121 cm³/mol. The number of nitrogens with zero attached hydrogens (tertiary/aromatic N) is 4. The van der Waals surface area contributed by atoms with E-state index in [1.54, 1.807) is 25.1 Å². The first-order valence-electron chi connectivity index (χ1n) is 12.0. The summed E-state index contributed by atoms with van der Waals surface area (Å²) in [5.74, 6) is 0.298. The van der Waals surface area contributed by atoms with Crippen LogP contribution in [0.5, 0.6) is 0 Å². The lowest BCUT2D eigenvalue weighted by molar-refractivity contribution is -0.141. The number of likely N-dealkylation sites (tertiary alicyclic amines) is 1. The summed E-state index contributed by atoms with van der Waals surface area (Å²) in [7, 11) is 3.40. The van der Waals surface area contributed by atoms with E-state index in [4.69, 9.17) is 5.26 Å². The van der Waals surface area contributed by atoms with Gasteiger partial charge >= 0.3 is 6.18 Å². The Kier molecular flexibility index (Phi) is 6.79. The molecular formula is C25H31F3N4O2. The van der Waals surface area contributed by atoms with Crippen LogP contribution in [0.15, 0.2) is 18.2 Å². The lowest BCUT2D eigenvalue weighted by Crippen LogP contribution is -2.46. The Labute approximate surface area is 198 Å². The molecule has 2 saturated heterocycles. The summed E-state index contributed by atoms with van der Waals surface area (Å²) in [6.07, 6.45) is 0.0363. The molecule has 1 aliphatic carbocycles. The van der Waals surface area contributed by atoms with Crippen LogP contribution in [0.2, 0.25) is 0 Å². The third-order valence-electron chi connectivity index (χ3n) is 7.83. The number of anilines is 1. The lowest BCUT2D eigenvalue weighted by atomic mass is 9.77. The molecule has 1 aromatic rings. The van der Waals surface area contributed by atoms with E-state index in [9.17, 15) is 22.8 Å². The Morgan fingerprint density at radius 1 is 1.09 bits per heavy atom. The van der Waals surface area contributed by atoms with Crippen molar-refractivity contribution in [3.8, 4) is 6.07 Å². The molecule has 3 aliphatic rings. The van der Waals surface area contributed by atoms with Crippen molar-refractivity contribution in [1.29, 1.82) is 5.26 Å². The van der Waals surface area contributed by atoms with Crippen LogP contribution < -0.4 is 4.90 Å². The average molecular weight is 477 g/mol. The van der Waals surface area contributed by atoms with Crippen LogP contribution >= 0.6 is 0 Å². The van der Waals surface area contributed by atoms with E-state index in [-0.39, 0.29) is 35.5 Å². The molecule has 34 heavy (non-hydrogen) atoms. The van der Waals surface area contributed by atoms with Crippen LogP contribution in [0.3, 0.4) is 0 Å². The molecule has 3 fully saturated rings. The van der Waals surface area contributed by atoms with E-state index in [1.165, 1.54) is 12.1 Å². The van der Waals surface area contributed by atoms with Crippen molar-refractivity contribution >= 4 is 17.5 Å². The minimum Gasteiger partial charge on any atom is -0.370 e. The van der Waals surface area contributed by atoms with Gasteiger partial charge in [0.2, 0.25) is 11.8 Å². The summed E-state index contributed by atoms with van der Waals surface area (Å²) < 4.78 is 40.5. The summed E-state index contributed by atoms with van der Waals surface area (Å²) in [5.41, 5.74) is -0.978. The summed E-state index contributed by atoms with van der Waals surface area (Å²) in [4.78, 5) is 31.0. The fraction of sp³-hybridized carbons (Fsp3) is 0.640. The van der Waals surface area contributed by atoms with E-state index >= 15 is 0 Å². The van der Waals surface area contributed by atoms with E-state index in [1.807, 2.05) is 9.80 Å². The van der Waals surface area contributed by atoms with Gasteiger partial charge in [-0.3, -0.25) is 9.59 Å². The van der Waals surface area contributed by atoms with E-state index < -0.39 is 17.3 Å². The topological polar surface area (TPSA) is 67.7 Å². The highest BCUT2D eigenvalue weighted by molar-refractivity contribution is 5.81. The molecule has 2 amide bonds. The molecule has 0 N–H and O–H groups in total. The summed E-state index contributed by atoms with van der Waals surface area (Å²) in [6.45, 7) is 2.17. The Morgan fingerprint density at radius 3 is 2.29 bits per heavy atom. The molecule has 0 aromatic heterocycles. The highest BCUT2D eigenvalue weighted by Gasteiger charge is 2.44. The third-order valence-corrected chi connectivity index (χ3v) is 7.83.